The molecule has 0 atom stereocenters. The van der Waals surface area contributed by atoms with Crippen LogP contribution in [0.25, 0.3) is 0 Å². The van der Waals surface area contributed by atoms with Gasteiger partial charge in [0.15, 0.2) is 0 Å². The Labute approximate surface area is 259 Å². The summed E-state index contributed by atoms with van der Waals surface area (Å²) in [5.41, 5.74) is -5.82. The van der Waals surface area contributed by atoms with E-state index in [1.165, 1.54) is 55.4 Å². The predicted octanol–water partition coefficient (Wildman–Crippen LogP) is -0.985. The molecule has 0 aliphatic carbocycles. The third-order valence-electron chi connectivity index (χ3n) is 9.12. The highest BCUT2D eigenvalue weighted by atomic mass is 16.3. The molecule has 0 saturated carbocycles. The van der Waals surface area contributed by atoms with Gasteiger partial charge in [0.25, 0.3) is 23.6 Å². The number of amides is 12. The number of carbonyl (C=O) groups is 8. The highest BCUT2D eigenvalue weighted by Crippen LogP contribution is 2.36. The van der Waals surface area contributed by atoms with Crippen molar-refractivity contribution in [3.8, 4) is 0 Å². The number of carbonyl (C=O) groups excluding carboxylic acids is 8. The van der Waals surface area contributed by atoms with Crippen LogP contribution in [-0.2, 0) is 19.2 Å². The standard InChI is InChI=1S/C27H40N8O10/c1-24(2)16(38)28(20(42)32(24)9-11-36)13-30-18(40)26(5,6)34(22(30)44)15-35-23(45)31(19(41)27(35,7)8)14-29-17(39)25(3,4)33(10-12-37)21(29)43/h36-37H,9-15H2,1-8H3. The van der Waals surface area contributed by atoms with E-state index in [4.69, 9.17) is 0 Å². The van der Waals surface area contributed by atoms with Gasteiger partial charge in [0.05, 0.1) is 13.2 Å². The number of hydrogen-bond acceptors (Lipinski definition) is 10. The summed E-state index contributed by atoms with van der Waals surface area (Å²) in [4.78, 5) is 114. The van der Waals surface area contributed by atoms with Gasteiger partial charge in [-0.15, -0.1) is 0 Å². The highest BCUT2D eigenvalue weighted by molar-refractivity contribution is 6.11. The first-order chi connectivity index (χ1) is 20.6. The first-order valence-corrected chi connectivity index (χ1v) is 14.4. The van der Waals surface area contributed by atoms with Crippen LogP contribution in [0.3, 0.4) is 0 Å². The van der Waals surface area contributed by atoms with Gasteiger partial charge in [0, 0.05) is 13.1 Å². The number of urea groups is 4. The van der Waals surface area contributed by atoms with Gasteiger partial charge in [-0.05, 0) is 55.4 Å². The maximum atomic E-state index is 13.7. The number of aliphatic hydroxyl groups is 2. The van der Waals surface area contributed by atoms with Gasteiger partial charge in [-0.25, -0.2) is 38.8 Å². The molecule has 0 spiro atoms. The average Bonchev–Trinajstić information content (AvgIpc) is 3.36. The van der Waals surface area contributed by atoms with Crippen LogP contribution >= 0.6 is 0 Å². The average molecular weight is 637 g/mol. The summed E-state index contributed by atoms with van der Waals surface area (Å²) < 4.78 is 0. The van der Waals surface area contributed by atoms with E-state index in [0.29, 0.717) is 9.80 Å². The molecule has 4 aliphatic rings. The molecule has 0 bridgehead atoms. The fourth-order valence-corrected chi connectivity index (χ4v) is 6.02. The lowest BCUT2D eigenvalue weighted by molar-refractivity contribution is -0.137. The second-order valence-corrected chi connectivity index (χ2v) is 13.3. The number of aliphatic hydroxyl groups excluding tert-OH is 2. The van der Waals surface area contributed by atoms with E-state index in [-0.39, 0.29) is 13.1 Å². The van der Waals surface area contributed by atoms with E-state index in [1.54, 1.807) is 0 Å². The van der Waals surface area contributed by atoms with Crippen molar-refractivity contribution >= 4 is 47.8 Å². The molecular formula is C27H40N8O10. The first-order valence-electron chi connectivity index (χ1n) is 14.4. The summed E-state index contributed by atoms with van der Waals surface area (Å²) in [7, 11) is 0. The number of nitrogens with zero attached hydrogens (tertiary/aromatic N) is 8. The van der Waals surface area contributed by atoms with Crippen molar-refractivity contribution < 1.29 is 48.6 Å². The van der Waals surface area contributed by atoms with Gasteiger partial charge in [-0.3, -0.25) is 29.0 Å². The Hall–Kier alpha value is -4.32. The maximum Gasteiger partial charge on any atom is 0.330 e. The molecule has 2 N–H and O–H groups in total. The molecule has 4 fully saturated rings. The molecule has 0 radical (unpaired) electrons. The SMILES string of the molecule is CC1(C)C(=O)N(CN2C(=O)N(CN3C(=O)N(CN4C(=O)N(CCO)C(C)(C)C4=O)C(=O)C3(C)C)C(C)(C)C2=O)C(=O)N1CCO. The minimum Gasteiger partial charge on any atom is -0.395 e. The fourth-order valence-electron chi connectivity index (χ4n) is 6.02. The Balaban J connectivity index is 1.56. The number of hydrogen-bond donors (Lipinski definition) is 2. The molecule has 4 rings (SSSR count). The van der Waals surface area contributed by atoms with Crippen molar-refractivity contribution in [1.29, 1.82) is 0 Å². The summed E-state index contributed by atoms with van der Waals surface area (Å²) in [5, 5.41) is 18.7. The van der Waals surface area contributed by atoms with Crippen LogP contribution in [-0.4, -0.2) is 166 Å². The lowest BCUT2D eigenvalue weighted by atomic mass is 10.0. The third-order valence-corrected chi connectivity index (χ3v) is 9.12. The van der Waals surface area contributed by atoms with Gasteiger partial charge in [-0.1, -0.05) is 0 Å². The van der Waals surface area contributed by atoms with Crippen molar-refractivity contribution in [3.63, 3.8) is 0 Å². The smallest absolute Gasteiger partial charge is 0.330 e. The van der Waals surface area contributed by atoms with Gasteiger partial charge >= 0.3 is 24.1 Å². The molecule has 248 valence electrons. The van der Waals surface area contributed by atoms with E-state index in [1.807, 2.05) is 0 Å². The summed E-state index contributed by atoms with van der Waals surface area (Å²) in [6, 6.07) is -3.44. The molecule has 4 saturated heterocycles. The quantitative estimate of drug-likeness (QED) is 0.281. The van der Waals surface area contributed by atoms with Crippen LogP contribution in [0.1, 0.15) is 55.4 Å². The monoisotopic (exact) mass is 636 g/mol. The van der Waals surface area contributed by atoms with Gasteiger partial charge in [-0.2, -0.15) is 0 Å². The zero-order valence-corrected chi connectivity index (χ0v) is 26.7. The number of rotatable bonds is 10. The molecule has 4 heterocycles. The predicted molar refractivity (Wildman–Crippen MR) is 151 cm³/mol. The van der Waals surface area contributed by atoms with E-state index in [9.17, 15) is 48.6 Å². The van der Waals surface area contributed by atoms with Crippen LogP contribution < -0.4 is 0 Å². The number of imide groups is 4. The summed E-state index contributed by atoms with van der Waals surface area (Å²) in [6.45, 7) is 8.48. The summed E-state index contributed by atoms with van der Waals surface area (Å²) >= 11 is 0. The van der Waals surface area contributed by atoms with E-state index < -0.39 is 103 Å². The fraction of sp³-hybridized carbons (Fsp3) is 0.704. The second-order valence-electron chi connectivity index (χ2n) is 13.3. The van der Waals surface area contributed by atoms with Crippen LogP contribution in [0.5, 0.6) is 0 Å². The second kappa shape index (κ2) is 10.6. The lowest BCUT2D eigenvalue weighted by Crippen LogP contribution is -2.55. The maximum absolute atomic E-state index is 13.7. The Bertz CT molecular complexity index is 1290. The van der Waals surface area contributed by atoms with Crippen LogP contribution in [0.2, 0.25) is 0 Å². The molecule has 45 heavy (non-hydrogen) atoms. The number of β-amino-alcohol motifs (C(OH)–C–C–N with tert-alkyl or cyclic N) is 2. The van der Waals surface area contributed by atoms with Crippen molar-refractivity contribution in [2.45, 2.75) is 77.5 Å². The highest BCUT2D eigenvalue weighted by Gasteiger charge is 2.60. The van der Waals surface area contributed by atoms with E-state index in [0.717, 1.165) is 29.4 Å². The summed E-state index contributed by atoms with van der Waals surface area (Å²) in [6.07, 6.45) is 0. The topological polar surface area (TPSA) is 203 Å². The minimum absolute atomic E-state index is 0.143. The molecule has 4 aliphatic heterocycles. The van der Waals surface area contributed by atoms with E-state index >= 15 is 0 Å². The molecule has 18 heteroatoms. The van der Waals surface area contributed by atoms with Crippen LogP contribution in [0.4, 0.5) is 19.2 Å². The van der Waals surface area contributed by atoms with Crippen molar-refractivity contribution in [3.05, 3.63) is 0 Å². The molecule has 18 nitrogen and oxygen atoms in total. The van der Waals surface area contributed by atoms with Crippen molar-refractivity contribution in [2.75, 3.05) is 46.3 Å². The normalized spacial score (nSPS) is 24.2. The first kappa shape index (κ1) is 33.6. The Kier molecular flexibility index (Phi) is 7.94. The molecule has 0 aromatic heterocycles. The summed E-state index contributed by atoms with van der Waals surface area (Å²) in [5.74, 6) is -2.89. The molecule has 0 aromatic rings. The molecule has 12 amide bonds. The largest absolute Gasteiger partial charge is 0.395 e. The van der Waals surface area contributed by atoms with Crippen LogP contribution in [0, 0.1) is 0 Å². The van der Waals surface area contributed by atoms with Gasteiger partial charge in [0.2, 0.25) is 0 Å². The zero-order chi connectivity index (χ0) is 34.2. The lowest BCUT2D eigenvalue weighted by Gasteiger charge is -2.36. The molecular weight excluding hydrogens is 596 g/mol. The van der Waals surface area contributed by atoms with Gasteiger partial charge < -0.3 is 20.0 Å². The Morgan fingerprint density at radius 1 is 0.400 bits per heavy atom. The third kappa shape index (κ3) is 4.68. The van der Waals surface area contributed by atoms with Crippen molar-refractivity contribution in [1.82, 2.24) is 39.2 Å². The Morgan fingerprint density at radius 2 is 0.622 bits per heavy atom. The molecule has 0 aromatic carbocycles. The van der Waals surface area contributed by atoms with Crippen molar-refractivity contribution in [2.24, 2.45) is 0 Å². The minimum atomic E-state index is -1.58. The van der Waals surface area contributed by atoms with E-state index in [2.05, 4.69) is 0 Å². The Morgan fingerprint density at radius 3 is 0.867 bits per heavy atom. The molecule has 0 unspecified atom stereocenters. The van der Waals surface area contributed by atoms with Gasteiger partial charge in [0.1, 0.15) is 42.2 Å². The van der Waals surface area contributed by atoms with Crippen LogP contribution in [0.15, 0.2) is 0 Å². The zero-order valence-electron chi connectivity index (χ0n) is 26.7.